The van der Waals surface area contributed by atoms with Gasteiger partial charge in [0.25, 0.3) is 0 Å². The number of ether oxygens (including phenoxy) is 1. The number of hydrogen-bond donors (Lipinski definition) is 3. The SMILES string of the molecule is CCCCNC(=NCc1nnc(C)n1C)NCC(O)c1ccc(OC(F)F)cc1.I. The molecule has 3 N–H and O–H groups in total. The molecule has 0 aliphatic rings. The largest absolute Gasteiger partial charge is 0.435 e. The fraction of sp³-hybridized carbons (Fsp3) is 0.526. The zero-order chi connectivity index (χ0) is 21.2. The molecule has 0 aliphatic heterocycles. The minimum atomic E-state index is -2.88. The monoisotopic (exact) mass is 538 g/mol. The highest BCUT2D eigenvalue weighted by Gasteiger charge is 2.11. The predicted octanol–water partition coefficient (Wildman–Crippen LogP) is 2.91. The summed E-state index contributed by atoms with van der Waals surface area (Å²) in [5.41, 5.74) is 0.580. The van der Waals surface area contributed by atoms with Crippen LogP contribution in [-0.4, -0.2) is 45.5 Å². The fourth-order valence-electron chi connectivity index (χ4n) is 2.48. The summed E-state index contributed by atoms with van der Waals surface area (Å²) in [4.78, 5) is 4.51. The van der Waals surface area contributed by atoms with Gasteiger partial charge in [-0.15, -0.1) is 34.2 Å². The first kappa shape index (κ1) is 26.0. The minimum Gasteiger partial charge on any atom is -0.435 e. The maximum absolute atomic E-state index is 12.2. The second-order valence-electron chi connectivity index (χ2n) is 6.51. The number of aliphatic hydroxyl groups is 1. The van der Waals surface area contributed by atoms with Gasteiger partial charge in [-0.3, -0.25) is 0 Å². The first-order valence-electron chi connectivity index (χ1n) is 9.50. The molecule has 0 saturated heterocycles. The smallest absolute Gasteiger partial charge is 0.387 e. The van der Waals surface area contributed by atoms with Crippen LogP contribution in [0.5, 0.6) is 5.75 Å². The lowest BCUT2D eigenvalue weighted by molar-refractivity contribution is -0.0498. The van der Waals surface area contributed by atoms with Crippen LogP contribution < -0.4 is 15.4 Å². The van der Waals surface area contributed by atoms with Gasteiger partial charge in [0.2, 0.25) is 0 Å². The predicted molar refractivity (Wildman–Crippen MR) is 121 cm³/mol. The molecule has 1 unspecified atom stereocenters. The second-order valence-corrected chi connectivity index (χ2v) is 6.51. The molecular weight excluding hydrogens is 509 g/mol. The molecule has 0 aliphatic carbocycles. The van der Waals surface area contributed by atoms with Crippen LogP contribution in [0.3, 0.4) is 0 Å². The number of unbranched alkanes of at least 4 members (excludes halogenated alkanes) is 1. The van der Waals surface area contributed by atoms with Crippen molar-refractivity contribution in [2.75, 3.05) is 13.1 Å². The lowest BCUT2D eigenvalue weighted by atomic mass is 10.1. The van der Waals surface area contributed by atoms with Gasteiger partial charge < -0.3 is 25.0 Å². The van der Waals surface area contributed by atoms with Crippen molar-refractivity contribution in [3.8, 4) is 5.75 Å². The van der Waals surface area contributed by atoms with Crippen molar-refractivity contribution in [2.24, 2.45) is 12.0 Å². The number of benzene rings is 1. The molecule has 0 amide bonds. The number of nitrogens with zero attached hydrogens (tertiary/aromatic N) is 4. The third kappa shape index (κ3) is 8.38. The Morgan fingerprint density at radius 1 is 1.23 bits per heavy atom. The number of hydrogen-bond acceptors (Lipinski definition) is 5. The number of guanidine groups is 1. The highest BCUT2D eigenvalue weighted by Crippen LogP contribution is 2.19. The van der Waals surface area contributed by atoms with E-state index < -0.39 is 12.7 Å². The number of rotatable bonds is 10. The maximum atomic E-state index is 12.2. The summed E-state index contributed by atoms with van der Waals surface area (Å²) in [6.45, 7) is 2.37. The van der Waals surface area contributed by atoms with Crippen LogP contribution in [0.4, 0.5) is 8.78 Å². The first-order chi connectivity index (χ1) is 13.9. The zero-order valence-electron chi connectivity index (χ0n) is 17.3. The van der Waals surface area contributed by atoms with Crippen LogP contribution in [0, 0.1) is 6.92 Å². The summed E-state index contributed by atoms with van der Waals surface area (Å²) in [6, 6.07) is 5.90. The van der Waals surface area contributed by atoms with Gasteiger partial charge in [-0.2, -0.15) is 8.78 Å². The van der Waals surface area contributed by atoms with Crippen molar-refractivity contribution in [2.45, 2.75) is 45.9 Å². The molecule has 2 rings (SSSR count). The van der Waals surface area contributed by atoms with Crippen LogP contribution in [0.25, 0.3) is 0 Å². The number of aromatic nitrogens is 3. The number of nitrogens with one attached hydrogen (secondary N) is 2. The third-order valence-electron chi connectivity index (χ3n) is 4.34. The molecule has 0 bridgehead atoms. The Labute approximate surface area is 192 Å². The molecule has 8 nitrogen and oxygen atoms in total. The number of aliphatic imine (C=N–C) groups is 1. The number of aryl methyl sites for hydroxylation is 1. The van der Waals surface area contributed by atoms with Gasteiger partial charge in [0.1, 0.15) is 18.1 Å². The first-order valence-corrected chi connectivity index (χ1v) is 9.50. The lowest BCUT2D eigenvalue weighted by Gasteiger charge is -2.16. The van der Waals surface area contributed by atoms with Gasteiger partial charge in [-0.05, 0) is 31.0 Å². The van der Waals surface area contributed by atoms with Gasteiger partial charge in [-0.1, -0.05) is 25.5 Å². The molecule has 0 saturated carbocycles. The Morgan fingerprint density at radius 3 is 2.50 bits per heavy atom. The summed E-state index contributed by atoms with van der Waals surface area (Å²) >= 11 is 0. The molecule has 168 valence electrons. The Hall–Kier alpha value is -2.02. The highest BCUT2D eigenvalue weighted by atomic mass is 127. The zero-order valence-corrected chi connectivity index (χ0v) is 19.6. The highest BCUT2D eigenvalue weighted by molar-refractivity contribution is 14.0. The van der Waals surface area contributed by atoms with E-state index in [2.05, 4.69) is 37.5 Å². The van der Waals surface area contributed by atoms with Gasteiger partial charge in [0.05, 0.1) is 6.10 Å². The van der Waals surface area contributed by atoms with Crippen LogP contribution in [0.2, 0.25) is 0 Å². The standard InChI is InChI=1S/C19H28F2N6O2.HI/c1-4-5-10-22-19(24-12-17-26-25-13(2)27(17)3)23-11-16(28)14-6-8-15(9-7-14)29-18(20)21;/h6-9,16,18,28H,4-5,10-12H2,1-3H3,(H2,22,23,24);1H. The van der Waals surface area contributed by atoms with E-state index in [-0.39, 0.29) is 36.3 Å². The maximum Gasteiger partial charge on any atom is 0.387 e. The normalized spacial score (nSPS) is 12.4. The molecule has 1 aromatic heterocycles. The van der Waals surface area contributed by atoms with Crippen molar-refractivity contribution in [3.05, 3.63) is 41.5 Å². The van der Waals surface area contributed by atoms with Crippen molar-refractivity contribution < 1.29 is 18.6 Å². The fourth-order valence-corrected chi connectivity index (χ4v) is 2.48. The van der Waals surface area contributed by atoms with E-state index in [1.54, 1.807) is 12.1 Å². The number of halogens is 3. The van der Waals surface area contributed by atoms with Crippen molar-refractivity contribution in [1.82, 2.24) is 25.4 Å². The molecule has 0 radical (unpaired) electrons. The Balaban J connectivity index is 0.00000450. The molecule has 1 atom stereocenters. The van der Waals surface area contributed by atoms with E-state index in [1.807, 2.05) is 18.5 Å². The molecule has 11 heteroatoms. The van der Waals surface area contributed by atoms with Gasteiger partial charge in [-0.25, -0.2) is 4.99 Å². The summed E-state index contributed by atoms with van der Waals surface area (Å²) in [6.07, 6.45) is 1.18. The van der Waals surface area contributed by atoms with Gasteiger partial charge in [0, 0.05) is 20.1 Å². The summed E-state index contributed by atoms with van der Waals surface area (Å²) in [7, 11) is 1.88. The molecule has 1 heterocycles. The van der Waals surface area contributed by atoms with E-state index in [9.17, 15) is 13.9 Å². The molecule has 30 heavy (non-hydrogen) atoms. The molecule has 2 aromatic rings. The van der Waals surface area contributed by atoms with Crippen molar-refractivity contribution in [3.63, 3.8) is 0 Å². The molecular formula is C19H29F2IN6O2. The van der Waals surface area contributed by atoms with Crippen LogP contribution >= 0.6 is 24.0 Å². The quantitative estimate of drug-likeness (QED) is 0.186. The third-order valence-corrected chi connectivity index (χ3v) is 4.34. The average molecular weight is 538 g/mol. The topological polar surface area (TPSA) is 96.6 Å². The van der Waals surface area contributed by atoms with Crippen molar-refractivity contribution in [1.29, 1.82) is 0 Å². The molecule has 1 aromatic carbocycles. The molecule has 0 fully saturated rings. The molecule has 0 spiro atoms. The number of aliphatic hydroxyl groups excluding tert-OH is 1. The van der Waals surface area contributed by atoms with Gasteiger partial charge in [0.15, 0.2) is 11.8 Å². The van der Waals surface area contributed by atoms with E-state index in [1.165, 1.54) is 12.1 Å². The van der Waals surface area contributed by atoms with Crippen LogP contribution in [0.15, 0.2) is 29.3 Å². The van der Waals surface area contributed by atoms with E-state index in [4.69, 9.17) is 0 Å². The van der Waals surface area contributed by atoms with Crippen molar-refractivity contribution >= 4 is 29.9 Å². The Kier molecular flexibility index (Phi) is 11.5. The Bertz CT molecular complexity index is 786. The summed E-state index contributed by atoms with van der Waals surface area (Å²) in [5, 5.41) is 24.8. The summed E-state index contributed by atoms with van der Waals surface area (Å²) < 4.78 is 30.6. The Morgan fingerprint density at radius 2 is 1.93 bits per heavy atom. The lowest BCUT2D eigenvalue weighted by Crippen LogP contribution is -2.40. The van der Waals surface area contributed by atoms with Crippen LogP contribution in [0.1, 0.15) is 43.1 Å². The number of alkyl halides is 2. The van der Waals surface area contributed by atoms with E-state index >= 15 is 0 Å². The minimum absolute atomic E-state index is 0. The van der Waals surface area contributed by atoms with Gasteiger partial charge >= 0.3 is 6.61 Å². The van der Waals surface area contributed by atoms with E-state index in [0.717, 1.165) is 31.0 Å². The second kappa shape index (κ2) is 13.3. The van der Waals surface area contributed by atoms with Crippen LogP contribution in [-0.2, 0) is 13.6 Å². The van der Waals surface area contributed by atoms with E-state index in [0.29, 0.717) is 18.1 Å². The average Bonchev–Trinajstić information content (AvgIpc) is 3.01. The summed E-state index contributed by atoms with van der Waals surface area (Å²) in [5.74, 6) is 2.13.